The van der Waals surface area contributed by atoms with Crippen LogP contribution < -0.4 is 9.47 Å². The number of carboxylic acid groups (broad SMARTS) is 1. The van der Waals surface area contributed by atoms with E-state index in [0.29, 0.717) is 24.6 Å². The summed E-state index contributed by atoms with van der Waals surface area (Å²) in [4.78, 5) is 17.7. The first-order valence-electron chi connectivity index (χ1n) is 7.43. The van der Waals surface area contributed by atoms with E-state index in [9.17, 15) is 9.90 Å². The molecule has 0 radical (unpaired) electrons. The fourth-order valence-corrected chi connectivity index (χ4v) is 3.56. The molecule has 3 rings (SSSR count). The monoisotopic (exact) mass is 346 g/mol. The lowest BCUT2D eigenvalue weighted by molar-refractivity contribution is -0.141. The summed E-state index contributed by atoms with van der Waals surface area (Å²) in [6.45, 7) is 1.11. The SMILES string of the molecule is COc1cccc(-c2nc(CN3CC=CC3C(=O)O)cs2)c1OC. The number of hydrogen-bond acceptors (Lipinski definition) is 6. The summed E-state index contributed by atoms with van der Waals surface area (Å²) in [5.41, 5.74) is 1.71. The van der Waals surface area contributed by atoms with Crippen molar-refractivity contribution in [3.63, 3.8) is 0 Å². The molecule has 0 bridgehead atoms. The highest BCUT2D eigenvalue weighted by Crippen LogP contribution is 2.39. The molecule has 2 aromatic rings. The van der Waals surface area contributed by atoms with Crippen molar-refractivity contribution >= 4 is 17.3 Å². The molecule has 1 aliphatic heterocycles. The van der Waals surface area contributed by atoms with Crippen LogP contribution in [-0.2, 0) is 11.3 Å². The molecule has 126 valence electrons. The Balaban J connectivity index is 1.83. The Morgan fingerprint density at radius 2 is 2.25 bits per heavy atom. The number of rotatable bonds is 6. The summed E-state index contributed by atoms with van der Waals surface area (Å²) in [7, 11) is 3.20. The first kappa shape index (κ1) is 16.5. The molecule has 6 nitrogen and oxygen atoms in total. The van der Waals surface area contributed by atoms with Gasteiger partial charge in [-0.1, -0.05) is 18.2 Å². The van der Waals surface area contributed by atoms with E-state index < -0.39 is 12.0 Å². The molecule has 1 aliphatic rings. The lowest BCUT2D eigenvalue weighted by Crippen LogP contribution is -2.35. The van der Waals surface area contributed by atoms with E-state index in [2.05, 4.69) is 4.98 Å². The Kier molecular flexibility index (Phi) is 4.82. The van der Waals surface area contributed by atoms with Gasteiger partial charge >= 0.3 is 5.97 Å². The summed E-state index contributed by atoms with van der Waals surface area (Å²) < 4.78 is 10.8. The molecule has 24 heavy (non-hydrogen) atoms. The Bertz CT molecular complexity index is 772. The average molecular weight is 346 g/mol. The highest BCUT2D eigenvalue weighted by molar-refractivity contribution is 7.13. The van der Waals surface area contributed by atoms with Crippen molar-refractivity contribution in [3.05, 3.63) is 41.4 Å². The number of aromatic nitrogens is 1. The molecule has 0 saturated carbocycles. The van der Waals surface area contributed by atoms with Gasteiger partial charge in [-0.15, -0.1) is 11.3 Å². The van der Waals surface area contributed by atoms with Gasteiger partial charge in [-0.05, 0) is 12.1 Å². The van der Waals surface area contributed by atoms with E-state index in [0.717, 1.165) is 16.3 Å². The largest absolute Gasteiger partial charge is 0.493 e. The maximum Gasteiger partial charge on any atom is 0.324 e. The molecule has 1 aromatic heterocycles. The molecule has 7 heteroatoms. The maximum atomic E-state index is 11.2. The third-order valence-electron chi connectivity index (χ3n) is 3.85. The molecule has 0 aliphatic carbocycles. The lowest BCUT2D eigenvalue weighted by Gasteiger charge is -2.19. The second-order valence-corrected chi connectivity index (χ2v) is 6.18. The minimum Gasteiger partial charge on any atom is -0.493 e. The van der Waals surface area contributed by atoms with Gasteiger partial charge in [0.2, 0.25) is 0 Å². The molecular weight excluding hydrogens is 328 g/mol. The fourth-order valence-electron chi connectivity index (χ4n) is 2.73. The van der Waals surface area contributed by atoms with Crippen LogP contribution in [0.1, 0.15) is 5.69 Å². The van der Waals surface area contributed by atoms with Gasteiger partial charge in [0, 0.05) is 18.5 Å². The zero-order chi connectivity index (χ0) is 17.1. The highest BCUT2D eigenvalue weighted by Gasteiger charge is 2.26. The molecule has 0 saturated heterocycles. The molecule has 2 heterocycles. The highest BCUT2D eigenvalue weighted by atomic mass is 32.1. The molecule has 1 unspecified atom stereocenters. The topological polar surface area (TPSA) is 71.9 Å². The van der Waals surface area contributed by atoms with E-state index in [1.165, 1.54) is 11.3 Å². The molecular formula is C17H18N2O4S. The number of nitrogens with zero attached hydrogens (tertiary/aromatic N) is 2. The van der Waals surface area contributed by atoms with Crippen LogP contribution in [0.25, 0.3) is 10.6 Å². The van der Waals surface area contributed by atoms with Gasteiger partial charge < -0.3 is 14.6 Å². The minimum absolute atomic E-state index is 0.493. The average Bonchev–Trinajstić information content (AvgIpc) is 3.23. The third kappa shape index (κ3) is 3.13. The van der Waals surface area contributed by atoms with Crippen LogP contribution in [0.5, 0.6) is 11.5 Å². The number of aliphatic carboxylic acids is 1. The quantitative estimate of drug-likeness (QED) is 0.811. The van der Waals surface area contributed by atoms with E-state index >= 15 is 0 Å². The maximum absolute atomic E-state index is 11.2. The van der Waals surface area contributed by atoms with Crippen molar-refractivity contribution in [1.82, 2.24) is 9.88 Å². The number of thiazole rings is 1. The summed E-state index contributed by atoms with van der Waals surface area (Å²) in [5.74, 6) is 0.460. The van der Waals surface area contributed by atoms with Crippen molar-refractivity contribution in [2.75, 3.05) is 20.8 Å². The van der Waals surface area contributed by atoms with Crippen molar-refractivity contribution in [2.24, 2.45) is 0 Å². The Morgan fingerprint density at radius 1 is 1.42 bits per heavy atom. The zero-order valence-corrected chi connectivity index (χ0v) is 14.2. The normalized spacial score (nSPS) is 17.2. The predicted octanol–water partition coefficient (Wildman–Crippen LogP) is 2.65. The second kappa shape index (κ2) is 7.02. The van der Waals surface area contributed by atoms with E-state index in [1.807, 2.05) is 34.6 Å². The van der Waals surface area contributed by atoms with Crippen molar-refractivity contribution in [1.29, 1.82) is 0 Å². The van der Waals surface area contributed by atoms with Crippen molar-refractivity contribution in [2.45, 2.75) is 12.6 Å². The minimum atomic E-state index is -0.839. The van der Waals surface area contributed by atoms with Gasteiger partial charge in [0.05, 0.1) is 25.5 Å². The van der Waals surface area contributed by atoms with Gasteiger partial charge in [-0.25, -0.2) is 4.98 Å². The first-order chi connectivity index (χ1) is 11.6. The van der Waals surface area contributed by atoms with Crippen LogP contribution in [0.3, 0.4) is 0 Å². The molecule has 0 fully saturated rings. The van der Waals surface area contributed by atoms with Crippen LogP contribution in [0.4, 0.5) is 0 Å². The van der Waals surface area contributed by atoms with E-state index in [-0.39, 0.29) is 0 Å². The predicted molar refractivity (Wildman–Crippen MR) is 91.6 cm³/mol. The smallest absolute Gasteiger partial charge is 0.324 e. The number of carbonyl (C=O) groups is 1. The molecule has 1 N–H and O–H groups in total. The van der Waals surface area contributed by atoms with Crippen molar-refractivity contribution in [3.8, 4) is 22.1 Å². The molecule has 0 spiro atoms. The number of benzene rings is 1. The van der Waals surface area contributed by atoms with Crippen LogP contribution in [0, 0.1) is 0 Å². The van der Waals surface area contributed by atoms with Gasteiger partial charge in [0.1, 0.15) is 11.0 Å². The van der Waals surface area contributed by atoms with Gasteiger partial charge in [0.15, 0.2) is 11.5 Å². The number of hydrogen-bond donors (Lipinski definition) is 1. The summed E-state index contributed by atoms with van der Waals surface area (Å²) in [5, 5.41) is 12.0. The lowest BCUT2D eigenvalue weighted by atomic mass is 10.2. The Labute approximate surface area is 144 Å². The molecule has 0 amide bonds. The van der Waals surface area contributed by atoms with Crippen LogP contribution in [0.2, 0.25) is 0 Å². The number of para-hydroxylation sites is 1. The van der Waals surface area contributed by atoms with Crippen LogP contribution >= 0.6 is 11.3 Å². The number of carboxylic acids is 1. The fraction of sp³-hybridized carbons (Fsp3) is 0.294. The van der Waals surface area contributed by atoms with Gasteiger partial charge in [-0.2, -0.15) is 0 Å². The van der Waals surface area contributed by atoms with Crippen LogP contribution in [0.15, 0.2) is 35.7 Å². The Morgan fingerprint density at radius 3 is 2.96 bits per heavy atom. The third-order valence-corrected chi connectivity index (χ3v) is 4.78. The summed E-state index contributed by atoms with van der Waals surface area (Å²) in [6.07, 6.45) is 3.58. The van der Waals surface area contributed by atoms with Gasteiger partial charge in [-0.3, -0.25) is 9.69 Å². The molecule has 1 aromatic carbocycles. The Hall–Kier alpha value is -2.38. The number of methoxy groups -OCH3 is 2. The van der Waals surface area contributed by atoms with E-state index in [4.69, 9.17) is 9.47 Å². The summed E-state index contributed by atoms with van der Waals surface area (Å²) in [6, 6.07) is 5.08. The van der Waals surface area contributed by atoms with E-state index in [1.54, 1.807) is 20.3 Å². The zero-order valence-electron chi connectivity index (χ0n) is 13.4. The summed E-state index contributed by atoms with van der Waals surface area (Å²) >= 11 is 1.50. The first-order valence-corrected chi connectivity index (χ1v) is 8.31. The number of ether oxygens (including phenoxy) is 2. The second-order valence-electron chi connectivity index (χ2n) is 5.33. The standard InChI is InChI=1S/C17H18N2O4S/c1-22-14-7-3-5-12(15(14)23-2)16-18-11(10-24-16)9-19-8-4-6-13(19)17(20)21/h3-7,10,13H,8-9H2,1-2H3,(H,20,21). The van der Waals surface area contributed by atoms with Crippen molar-refractivity contribution < 1.29 is 19.4 Å². The van der Waals surface area contributed by atoms with Crippen LogP contribution in [-0.4, -0.2) is 47.8 Å². The van der Waals surface area contributed by atoms with Gasteiger partial charge in [0.25, 0.3) is 0 Å². The molecule has 1 atom stereocenters.